The molecule has 0 atom stereocenters. The van der Waals surface area contributed by atoms with Gasteiger partial charge in [0.15, 0.2) is 5.76 Å². The number of nitrogens with one attached hydrogen (secondary N) is 1. The van der Waals surface area contributed by atoms with Crippen molar-refractivity contribution in [2.24, 2.45) is 0 Å². The highest BCUT2D eigenvalue weighted by Gasteiger charge is 2.17. The first-order valence-electron chi connectivity index (χ1n) is 5.05. The summed E-state index contributed by atoms with van der Waals surface area (Å²) in [4.78, 5) is 25.4. The molecule has 0 saturated carbocycles. The zero-order valence-corrected chi connectivity index (χ0v) is 10.1. The Labute approximate surface area is 111 Å². The molecule has 2 heterocycles. The minimum Gasteiger partial charge on any atom is -0.360 e. The summed E-state index contributed by atoms with van der Waals surface area (Å²) in [5.41, 5.74) is -0.385. The number of halogens is 1. The molecule has 0 unspecified atom stereocenters. The summed E-state index contributed by atoms with van der Waals surface area (Å²) in [7, 11) is 0. The normalized spacial score (nSPS) is 10.2. The van der Waals surface area contributed by atoms with Gasteiger partial charge >= 0.3 is 0 Å². The molecule has 0 saturated heterocycles. The van der Waals surface area contributed by atoms with Crippen molar-refractivity contribution in [3.8, 4) is 0 Å². The van der Waals surface area contributed by atoms with Crippen molar-refractivity contribution in [2.45, 2.75) is 6.54 Å². The van der Waals surface area contributed by atoms with Crippen LogP contribution in [-0.4, -0.2) is 21.0 Å². The maximum Gasteiger partial charge on any atom is 0.288 e. The summed E-state index contributed by atoms with van der Waals surface area (Å²) in [6, 6.07) is 2.64. The number of hydrogen-bond donors (Lipinski definition) is 1. The Morgan fingerprint density at radius 1 is 1.58 bits per heavy atom. The van der Waals surface area contributed by atoms with Crippen molar-refractivity contribution in [3.63, 3.8) is 0 Å². The van der Waals surface area contributed by atoms with Crippen molar-refractivity contribution in [2.75, 3.05) is 0 Å². The molecule has 0 spiro atoms. The van der Waals surface area contributed by atoms with Crippen LogP contribution in [0.25, 0.3) is 0 Å². The highest BCUT2D eigenvalue weighted by Crippen LogP contribution is 2.19. The second-order valence-corrected chi connectivity index (χ2v) is 3.81. The van der Waals surface area contributed by atoms with Crippen molar-refractivity contribution in [1.29, 1.82) is 0 Å². The lowest BCUT2D eigenvalue weighted by Gasteiger charge is -2.04. The first kappa shape index (κ1) is 13.0. The number of nitrogens with zero attached hydrogens (tertiary/aromatic N) is 3. The van der Waals surface area contributed by atoms with Crippen LogP contribution in [-0.2, 0) is 6.54 Å². The summed E-state index contributed by atoms with van der Waals surface area (Å²) in [5.74, 6) is -0.138. The van der Waals surface area contributed by atoms with Gasteiger partial charge in [-0.05, 0) is 0 Å². The van der Waals surface area contributed by atoms with E-state index in [1.165, 1.54) is 6.20 Å². The molecule has 1 amide bonds. The van der Waals surface area contributed by atoms with Crippen molar-refractivity contribution in [3.05, 3.63) is 51.1 Å². The van der Waals surface area contributed by atoms with Gasteiger partial charge in [0.2, 0.25) is 0 Å². The van der Waals surface area contributed by atoms with Crippen molar-refractivity contribution >= 4 is 23.2 Å². The monoisotopic (exact) mass is 282 g/mol. The van der Waals surface area contributed by atoms with Crippen LogP contribution in [0.3, 0.4) is 0 Å². The molecule has 2 rings (SSSR count). The Kier molecular flexibility index (Phi) is 3.71. The molecule has 0 aliphatic carbocycles. The lowest BCUT2D eigenvalue weighted by atomic mass is 10.2. The third-order valence-corrected chi connectivity index (χ3v) is 2.50. The van der Waals surface area contributed by atoms with Crippen LogP contribution in [0.1, 0.15) is 16.1 Å². The Morgan fingerprint density at radius 2 is 2.37 bits per heavy atom. The van der Waals surface area contributed by atoms with Crippen LogP contribution in [0.5, 0.6) is 0 Å². The largest absolute Gasteiger partial charge is 0.360 e. The Morgan fingerprint density at radius 3 is 3.00 bits per heavy atom. The fraction of sp³-hybridized carbons (Fsp3) is 0.100. The Hall–Kier alpha value is -2.48. The molecule has 8 nitrogen and oxygen atoms in total. The van der Waals surface area contributed by atoms with E-state index in [-0.39, 0.29) is 22.9 Å². The average molecular weight is 283 g/mol. The number of rotatable bonds is 4. The lowest BCUT2D eigenvalue weighted by molar-refractivity contribution is -0.385. The molecule has 0 aromatic carbocycles. The quantitative estimate of drug-likeness (QED) is 0.517. The lowest BCUT2D eigenvalue weighted by Crippen LogP contribution is -2.23. The molecule has 19 heavy (non-hydrogen) atoms. The molecule has 0 aliphatic rings. The number of carbonyl (C=O) groups excluding carboxylic acids is 1. The number of hydrogen-bond acceptors (Lipinski definition) is 6. The fourth-order valence-corrected chi connectivity index (χ4v) is 1.48. The van der Waals surface area contributed by atoms with Crippen molar-refractivity contribution < 1.29 is 14.2 Å². The van der Waals surface area contributed by atoms with Crippen LogP contribution in [0, 0.1) is 10.1 Å². The van der Waals surface area contributed by atoms with E-state index in [0.29, 0.717) is 5.76 Å². The van der Waals surface area contributed by atoms with Gasteiger partial charge in [-0.15, -0.1) is 0 Å². The van der Waals surface area contributed by atoms with E-state index in [4.69, 9.17) is 16.1 Å². The van der Waals surface area contributed by atoms with E-state index in [1.807, 2.05) is 0 Å². The van der Waals surface area contributed by atoms with Gasteiger partial charge in [0, 0.05) is 12.1 Å². The topological polar surface area (TPSA) is 111 Å². The summed E-state index contributed by atoms with van der Waals surface area (Å²) in [6.07, 6.45) is 2.42. The number of carbonyl (C=O) groups is 1. The first-order chi connectivity index (χ1) is 9.08. The molecular formula is C10H7ClN4O4. The maximum absolute atomic E-state index is 11.8. The number of nitro groups is 1. The smallest absolute Gasteiger partial charge is 0.288 e. The van der Waals surface area contributed by atoms with E-state index in [9.17, 15) is 14.9 Å². The van der Waals surface area contributed by atoms with Gasteiger partial charge in [-0.2, -0.15) is 0 Å². The second kappa shape index (κ2) is 5.44. The molecule has 0 bridgehead atoms. The maximum atomic E-state index is 11.8. The zero-order chi connectivity index (χ0) is 13.8. The third kappa shape index (κ3) is 3.05. The minimum absolute atomic E-state index is 0.0737. The van der Waals surface area contributed by atoms with Crippen molar-refractivity contribution in [1.82, 2.24) is 15.5 Å². The van der Waals surface area contributed by atoms with Crippen LogP contribution < -0.4 is 5.32 Å². The van der Waals surface area contributed by atoms with Crippen LogP contribution in [0.15, 0.2) is 29.0 Å². The van der Waals surface area contributed by atoms with Gasteiger partial charge in [-0.25, -0.2) is 4.98 Å². The van der Waals surface area contributed by atoms with Gasteiger partial charge in [0.05, 0.1) is 23.2 Å². The van der Waals surface area contributed by atoms with Crippen LogP contribution in [0.4, 0.5) is 5.69 Å². The van der Waals surface area contributed by atoms with E-state index in [0.717, 1.165) is 12.3 Å². The van der Waals surface area contributed by atoms with Crippen LogP contribution in [0.2, 0.25) is 5.15 Å². The van der Waals surface area contributed by atoms with Gasteiger partial charge in [0.25, 0.3) is 11.6 Å². The van der Waals surface area contributed by atoms with E-state index in [2.05, 4.69) is 15.5 Å². The molecule has 2 aromatic rings. The highest BCUT2D eigenvalue weighted by molar-refractivity contribution is 6.32. The van der Waals surface area contributed by atoms with Gasteiger partial charge in [0.1, 0.15) is 11.3 Å². The highest BCUT2D eigenvalue weighted by atomic mass is 35.5. The molecule has 2 aromatic heterocycles. The number of amides is 1. The average Bonchev–Trinajstić information content (AvgIpc) is 2.89. The second-order valence-electron chi connectivity index (χ2n) is 3.45. The SMILES string of the molecule is O=C(NCc1ccno1)c1cc([N+](=O)[O-])cnc1Cl. The molecule has 0 fully saturated rings. The predicted octanol–water partition coefficient (Wildman–Crippen LogP) is 1.56. The summed E-state index contributed by atoms with van der Waals surface area (Å²) >= 11 is 5.73. The van der Waals surface area contributed by atoms with Gasteiger partial charge < -0.3 is 9.84 Å². The van der Waals surface area contributed by atoms with Gasteiger partial charge in [-0.1, -0.05) is 16.8 Å². The zero-order valence-electron chi connectivity index (χ0n) is 9.37. The summed E-state index contributed by atoms with van der Waals surface area (Å²) in [5, 5.41) is 16.5. The van der Waals surface area contributed by atoms with E-state index in [1.54, 1.807) is 6.07 Å². The predicted molar refractivity (Wildman–Crippen MR) is 63.6 cm³/mol. The number of aromatic nitrogens is 2. The van der Waals surface area contributed by atoms with Gasteiger partial charge in [-0.3, -0.25) is 14.9 Å². The standard InChI is InChI=1S/C10H7ClN4O4/c11-9-8(3-6(4-12-9)15(17)18)10(16)13-5-7-1-2-14-19-7/h1-4H,5H2,(H,13,16). The minimum atomic E-state index is -0.656. The first-order valence-corrected chi connectivity index (χ1v) is 5.43. The molecule has 98 valence electrons. The molecule has 0 aliphatic heterocycles. The molecule has 0 radical (unpaired) electrons. The molecule has 1 N–H and O–H groups in total. The Balaban J connectivity index is 2.14. The summed E-state index contributed by atoms with van der Waals surface area (Å²) < 4.78 is 4.79. The fourth-order valence-electron chi connectivity index (χ4n) is 1.29. The molecular weight excluding hydrogens is 276 g/mol. The number of pyridine rings is 1. The van der Waals surface area contributed by atoms with E-state index >= 15 is 0 Å². The third-order valence-electron chi connectivity index (χ3n) is 2.19. The Bertz CT molecular complexity index is 614. The molecule has 9 heteroatoms. The van der Waals surface area contributed by atoms with Crippen LogP contribution >= 0.6 is 11.6 Å². The summed E-state index contributed by atoms with van der Waals surface area (Å²) in [6.45, 7) is 0.0951. The van der Waals surface area contributed by atoms with E-state index < -0.39 is 10.8 Å².